The van der Waals surface area contributed by atoms with Gasteiger partial charge in [-0.1, -0.05) is 0 Å². The Bertz CT molecular complexity index is 1560. The summed E-state index contributed by atoms with van der Waals surface area (Å²) in [5.74, 6) is 0.430. The zero-order valence-corrected chi connectivity index (χ0v) is 22.2. The van der Waals surface area contributed by atoms with Crippen molar-refractivity contribution in [3.63, 3.8) is 0 Å². The number of carbonyl (C=O) groups excluding carboxylic acids is 1. The average molecular weight is 506 g/mol. The molecule has 1 aromatic carbocycles. The van der Waals surface area contributed by atoms with Gasteiger partial charge in [0.2, 0.25) is 0 Å². The molecule has 0 radical (unpaired) electrons. The summed E-state index contributed by atoms with van der Waals surface area (Å²) in [5, 5.41) is 9.02. The number of halogens is 1. The second-order valence-corrected chi connectivity index (χ2v) is 9.93. The number of urea groups is 1. The summed E-state index contributed by atoms with van der Waals surface area (Å²) < 4.78 is 18.5. The molecular weight excluding hydrogens is 473 g/mol. The number of amides is 2. The van der Waals surface area contributed by atoms with Crippen LogP contribution < -0.4 is 21.5 Å². The molecule has 0 saturated carbocycles. The zero-order valence-electron chi connectivity index (χ0n) is 22.2. The first-order valence-corrected chi connectivity index (χ1v) is 12.1. The van der Waals surface area contributed by atoms with Crippen LogP contribution in [0.25, 0.3) is 22.0 Å². The van der Waals surface area contributed by atoms with Crippen LogP contribution in [0.4, 0.5) is 26.5 Å². The SMILES string of the molecule is CCn1c(=O)c(-c2cc(NC(=O)Nc3ncn(C(C)(C)C)c3C)c(F)cc2C)cc2cnc(NC)cc21. The highest BCUT2D eigenvalue weighted by Crippen LogP contribution is 2.30. The van der Waals surface area contributed by atoms with E-state index in [1.165, 1.54) is 12.1 Å². The molecule has 0 unspecified atom stereocenters. The van der Waals surface area contributed by atoms with Crippen molar-refractivity contribution in [3.05, 3.63) is 64.2 Å². The number of hydrogen-bond acceptors (Lipinski definition) is 5. The fraction of sp³-hybridized carbons (Fsp3) is 0.333. The van der Waals surface area contributed by atoms with Crippen LogP contribution >= 0.6 is 0 Å². The maximum Gasteiger partial charge on any atom is 0.324 e. The minimum Gasteiger partial charge on any atom is -0.373 e. The molecule has 2 amide bonds. The molecule has 0 atom stereocenters. The van der Waals surface area contributed by atoms with E-state index in [4.69, 9.17) is 0 Å². The van der Waals surface area contributed by atoms with Crippen LogP contribution in [0.3, 0.4) is 0 Å². The fourth-order valence-corrected chi connectivity index (χ4v) is 4.44. The summed E-state index contributed by atoms with van der Waals surface area (Å²) in [7, 11) is 1.76. The van der Waals surface area contributed by atoms with Crippen molar-refractivity contribution in [1.82, 2.24) is 19.1 Å². The van der Waals surface area contributed by atoms with Gasteiger partial charge in [0.05, 0.1) is 23.2 Å². The number of anilines is 3. The molecule has 3 heterocycles. The van der Waals surface area contributed by atoms with Crippen molar-refractivity contribution in [2.45, 2.75) is 53.6 Å². The van der Waals surface area contributed by atoms with Gasteiger partial charge in [0.1, 0.15) is 11.6 Å². The van der Waals surface area contributed by atoms with E-state index in [-0.39, 0.29) is 16.8 Å². The van der Waals surface area contributed by atoms with Crippen LogP contribution in [0, 0.1) is 19.7 Å². The van der Waals surface area contributed by atoms with Crippen LogP contribution in [0.15, 0.2) is 41.6 Å². The predicted molar refractivity (Wildman–Crippen MR) is 146 cm³/mol. The van der Waals surface area contributed by atoms with Gasteiger partial charge < -0.3 is 19.8 Å². The molecule has 3 N–H and O–H groups in total. The van der Waals surface area contributed by atoms with Gasteiger partial charge in [0.15, 0.2) is 5.82 Å². The van der Waals surface area contributed by atoms with Gasteiger partial charge in [-0.05, 0) is 70.9 Å². The molecule has 194 valence electrons. The number of imidazole rings is 1. The van der Waals surface area contributed by atoms with Gasteiger partial charge in [0, 0.05) is 42.3 Å². The third-order valence-electron chi connectivity index (χ3n) is 6.36. The second kappa shape index (κ2) is 9.68. The van der Waals surface area contributed by atoms with Gasteiger partial charge >= 0.3 is 6.03 Å². The normalized spacial score (nSPS) is 11.6. The minimum absolute atomic E-state index is 0.0443. The van der Waals surface area contributed by atoms with Crippen LogP contribution in [-0.2, 0) is 12.1 Å². The van der Waals surface area contributed by atoms with Gasteiger partial charge in [-0.2, -0.15) is 0 Å². The molecule has 0 aliphatic carbocycles. The summed E-state index contributed by atoms with van der Waals surface area (Å²) in [6, 6.07) is 5.74. The van der Waals surface area contributed by atoms with Crippen molar-refractivity contribution < 1.29 is 9.18 Å². The number of aromatic nitrogens is 4. The van der Waals surface area contributed by atoms with Crippen molar-refractivity contribution >= 4 is 34.3 Å². The van der Waals surface area contributed by atoms with E-state index in [9.17, 15) is 14.0 Å². The first-order valence-electron chi connectivity index (χ1n) is 12.1. The quantitative estimate of drug-likeness (QED) is 0.333. The van der Waals surface area contributed by atoms with Gasteiger partial charge in [0.25, 0.3) is 5.56 Å². The number of rotatable bonds is 5. The Hall–Kier alpha value is -4.21. The average Bonchev–Trinajstić information content (AvgIpc) is 3.20. The number of carbonyl (C=O) groups is 1. The first kappa shape index (κ1) is 25.9. The number of nitrogens with one attached hydrogen (secondary N) is 3. The Morgan fingerprint density at radius 3 is 2.41 bits per heavy atom. The van der Waals surface area contributed by atoms with E-state index in [1.54, 1.807) is 37.1 Å². The van der Waals surface area contributed by atoms with E-state index < -0.39 is 11.8 Å². The van der Waals surface area contributed by atoms with Crippen LogP contribution in [-0.4, -0.2) is 32.2 Å². The summed E-state index contributed by atoms with van der Waals surface area (Å²) in [5.41, 5.74) is 2.56. The Balaban J connectivity index is 1.71. The lowest BCUT2D eigenvalue weighted by atomic mass is 9.99. The molecule has 37 heavy (non-hydrogen) atoms. The molecule has 0 aliphatic rings. The molecule has 0 aliphatic heterocycles. The first-order chi connectivity index (χ1) is 17.4. The number of pyridine rings is 2. The minimum atomic E-state index is -0.635. The molecular formula is C27H32FN7O2. The smallest absolute Gasteiger partial charge is 0.324 e. The number of fused-ring (bicyclic) bond motifs is 1. The zero-order chi connectivity index (χ0) is 27.1. The van der Waals surface area contributed by atoms with E-state index in [0.29, 0.717) is 34.9 Å². The molecule has 4 rings (SSSR count). The maximum absolute atomic E-state index is 14.9. The lowest BCUT2D eigenvalue weighted by Crippen LogP contribution is -2.24. The third kappa shape index (κ3) is 4.91. The Labute approximate surface area is 214 Å². The molecule has 10 heteroatoms. The largest absolute Gasteiger partial charge is 0.373 e. The lowest BCUT2D eigenvalue weighted by Gasteiger charge is -2.22. The summed E-state index contributed by atoms with van der Waals surface area (Å²) in [6.07, 6.45) is 3.35. The van der Waals surface area contributed by atoms with Gasteiger partial charge in [-0.25, -0.2) is 19.2 Å². The topological polar surface area (TPSA) is 106 Å². The van der Waals surface area contributed by atoms with Crippen molar-refractivity contribution in [1.29, 1.82) is 0 Å². The van der Waals surface area contributed by atoms with E-state index in [0.717, 1.165) is 16.6 Å². The lowest BCUT2D eigenvalue weighted by molar-refractivity contribution is 0.262. The number of benzene rings is 1. The Morgan fingerprint density at radius 1 is 1.05 bits per heavy atom. The highest BCUT2D eigenvalue weighted by Gasteiger charge is 2.20. The van der Waals surface area contributed by atoms with Crippen LogP contribution in [0.1, 0.15) is 39.0 Å². The summed E-state index contributed by atoms with van der Waals surface area (Å²) in [6.45, 7) is 12.0. The summed E-state index contributed by atoms with van der Waals surface area (Å²) in [4.78, 5) is 34.9. The monoisotopic (exact) mass is 505 g/mol. The molecule has 3 aromatic heterocycles. The summed E-state index contributed by atoms with van der Waals surface area (Å²) >= 11 is 0. The van der Waals surface area contributed by atoms with Crippen LogP contribution in [0.5, 0.6) is 0 Å². The fourth-order valence-electron chi connectivity index (χ4n) is 4.44. The Kier molecular flexibility index (Phi) is 6.77. The predicted octanol–water partition coefficient (Wildman–Crippen LogP) is 5.48. The molecule has 0 saturated heterocycles. The van der Waals surface area contributed by atoms with Crippen molar-refractivity contribution in [2.24, 2.45) is 0 Å². The van der Waals surface area contributed by atoms with Gasteiger partial charge in [-0.3, -0.25) is 10.1 Å². The molecule has 0 bridgehead atoms. The van der Waals surface area contributed by atoms with E-state index in [2.05, 4.69) is 25.9 Å². The molecule has 4 aromatic rings. The van der Waals surface area contributed by atoms with E-state index >= 15 is 0 Å². The van der Waals surface area contributed by atoms with Crippen molar-refractivity contribution in [2.75, 3.05) is 23.0 Å². The molecule has 9 nitrogen and oxygen atoms in total. The third-order valence-corrected chi connectivity index (χ3v) is 6.36. The van der Waals surface area contributed by atoms with Gasteiger partial charge in [-0.15, -0.1) is 0 Å². The highest BCUT2D eigenvalue weighted by molar-refractivity contribution is 6.00. The number of hydrogen-bond donors (Lipinski definition) is 3. The van der Waals surface area contributed by atoms with E-state index in [1.807, 2.05) is 45.3 Å². The highest BCUT2D eigenvalue weighted by atomic mass is 19.1. The molecule has 0 spiro atoms. The van der Waals surface area contributed by atoms with Crippen molar-refractivity contribution in [3.8, 4) is 11.1 Å². The Morgan fingerprint density at radius 2 is 1.78 bits per heavy atom. The number of nitrogens with zero attached hydrogens (tertiary/aromatic N) is 4. The number of aryl methyl sites for hydroxylation is 2. The second-order valence-electron chi connectivity index (χ2n) is 9.93. The molecule has 0 fully saturated rings. The maximum atomic E-state index is 14.9. The standard InChI is InChI=1S/C27H32FN7O2/c1-8-34-22-12-23(29-7)30-13-17(22)10-19(25(34)36)18-11-21(20(28)9-15(18)2)32-26(37)33-24-16(3)35(14-31-24)27(4,5)6/h9-14H,8H2,1-7H3,(H,29,30)(H2,32,33,37). The van der Waals surface area contributed by atoms with Crippen LogP contribution in [0.2, 0.25) is 0 Å².